The summed E-state index contributed by atoms with van der Waals surface area (Å²) in [6.07, 6.45) is -1.07. The van der Waals surface area contributed by atoms with Crippen LogP contribution in [0.5, 0.6) is 0 Å². The molecule has 1 aromatic rings. The van der Waals surface area contributed by atoms with E-state index in [0.29, 0.717) is 31.4 Å². The predicted molar refractivity (Wildman–Crippen MR) is 92.3 cm³/mol. The minimum atomic E-state index is -4.44. The number of pyridine rings is 1. The fourth-order valence-electron chi connectivity index (χ4n) is 3.19. The van der Waals surface area contributed by atoms with E-state index in [9.17, 15) is 26.4 Å². The first-order chi connectivity index (χ1) is 12.0. The second-order valence-corrected chi connectivity index (χ2v) is 9.88. The summed E-state index contributed by atoms with van der Waals surface area (Å²) in [5.41, 5.74) is -0.506. The van der Waals surface area contributed by atoms with Crippen molar-refractivity contribution in [3.8, 4) is 0 Å². The van der Waals surface area contributed by atoms with E-state index in [1.807, 2.05) is 0 Å². The van der Waals surface area contributed by atoms with Crippen LogP contribution in [0.1, 0.15) is 50.8 Å². The van der Waals surface area contributed by atoms with Gasteiger partial charge in [0.05, 0.1) is 16.6 Å². The van der Waals surface area contributed by atoms with E-state index in [1.54, 1.807) is 13.8 Å². The number of nitrogens with zero attached hydrogens (tertiary/aromatic N) is 1. The molecule has 0 bridgehead atoms. The Balaban J connectivity index is 1.87. The van der Waals surface area contributed by atoms with Gasteiger partial charge in [-0.2, -0.15) is 13.2 Å². The second-order valence-electron chi connectivity index (χ2n) is 7.27. The number of aromatic nitrogens is 1. The van der Waals surface area contributed by atoms with Crippen molar-refractivity contribution < 1.29 is 26.4 Å². The van der Waals surface area contributed by atoms with Crippen LogP contribution >= 0.6 is 0 Å². The lowest BCUT2D eigenvalue weighted by Gasteiger charge is -2.28. The lowest BCUT2D eigenvalue weighted by molar-refractivity contribution is -0.137. The third-order valence-electron chi connectivity index (χ3n) is 5.00. The Labute approximate surface area is 152 Å². The van der Waals surface area contributed by atoms with Crippen LogP contribution in [0.2, 0.25) is 0 Å². The Kier molecular flexibility index (Phi) is 6.47. The largest absolute Gasteiger partial charge is 0.417 e. The molecule has 0 saturated heterocycles. The molecule has 1 saturated carbocycles. The molecule has 0 spiro atoms. The fraction of sp³-hybridized carbons (Fsp3) is 0.667. The lowest BCUT2D eigenvalue weighted by Crippen LogP contribution is -2.29. The minimum absolute atomic E-state index is 0.0117. The van der Waals surface area contributed by atoms with Gasteiger partial charge in [0.15, 0.2) is 9.84 Å². The Morgan fingerprint density at radius 1 is 1.19 bits per heavy atom. The van der Waals surface area contributed by atoms with Crippen molar-refractivity contribution in [3.05, 3.63) is 29.6 Å². The highest BCUT2D eigenvalue weighted by Gasteiger charge is 2.32. The van der Waals surface area contributed by atoms with Crippen LogP contribution in [0.25, 0.3) is 0 Å². The number of halogens is 3. The standard InChI is InChI=1S/C18H24F3NO3S/c1-12(2)26(24,25)11-13-3-5-14(6-4-13)17(23)9-16-8-7-15(10-22-16)18(19,20)21/h7-8,10,12-14H,3-6,9,11H2,1-2H3. The van der Waals surface area contributed by atoms with E-state index in [4.69, 9.17) is 0 Å². The minimum Gasteiger partial charge on any atom is -0.299 e. The molecule has 1 aromatic heterocycles. The SMILES string of the molecule is CC(C)S(=O)(=O)CC1CCC(C(=O)Cc2ccc(C(F)(F)F)cn2)CC1. The van der Waals surface area contributed by atoms with Gasteiger partial charge in [-0.3, -0.25) is 9.78 Å². The highest BCUT2D eigenvalue weighted by Crippen LogP contribution is 2.32. The molecule has 0 aliphatic heterocycles. The van der Waals surface area contributed by atoms with E-state index >= 15 is 0 Å². The van der Waals surface area contributed by atoms with Crippen molar-refractivity contribution in [2.45, 2.75) is 57.4 Å². The summed E-state index contributed by atoms with van der Waals surface area (Å²) in [6.45, 7) is 3.34. The number of carbonyl (C=O) groups excluding carboxylic acids is 1. The first-order valence-electron chi connectivity index (χ1n) is 8.75. The Morgan fingerprint density at radius 2 is 1.81 bits per heavy atom. The molecule has 1 aliphatic carbocycles. The van der Waals surface area contributed by atoms with E-state index in [-0.39, 0.29) is 29.8 Å². The number of hydrogen-bond acceptors (Lipinski definition) is 4. The summed E-state index contributed by atoms with van der Waals surface area (Å²) < 4.78 is 61.6. The molecule has 8 heteroatoms. The third kappa shape index (κ3) is 5.53. The molecule has 0 atom stereocenters. The van der Waals surface area contributed by atoms with Gasteiger partial charge >= 0.3 is 6.18 Å². The van der Waals surface area contributed by atoms with Gasteiger partial charge in [0, 0.05) is 24.2 Å². The number of carbonyl (C=O) groups is 1. The molecule has 4 nitrogen and oxygen atoms in total. The molecule has 0 radical (unpaired) electrons. The zero-order valence-corrected chi connectivity index (χ0v) is 15.7. The number of ketones is 1. The van der Waals surface area contributed by atoms with E-state index in [2.05, 4.69) is 4.98 Å². The van der Waals surface area contributed by atoms with Crippen molar-refractivity contribution in [2.24, 2.45) is 11.8 Å². The molecular formula is C18H24F3NO3S. The molecule has 0 aromatic carbocycles. The summed E-state index contributed by atoms with van der Waals surface area (Å²) in [5.74, 6) is 0.0293. The highest BCUT2D eigenvalue weighted by molar-refractivity contribution is 7.91. The van der Waals surface area contributed by atoms with Crippen LogP contribution in [-0.4, -0.2) is 30.2 Å². The fourth-order valence-corrected chi connectivity index (χ4v) is 4.57. The molecule has 0 unspecified atom stereocenters. The molecule has 26 heavy (non-hydrogen) atoms. The van der Waals surface area contributed by atoms with Crippen LogP contribution in [-0.2, 0) is 27.2 Å². The molecule has 1 aliphatic rings. The van der Waals surface area contributed by atoms with Crippen molar-refractivity contribution in [1.29, 1.82) is 0 Å². The number of sulfone groups is 1. The van der Waals surface area contributed by atoms with E-state index in [1.165, 1.54) is 6.07 Å². The van der Waals surface area contributed by atoms with Gasteiger partial charge in [0.2, 0.25) is 0 Å². The van der Waals surface area contributed by atoms with Gasteiger partial charge in [0.1, 0.15) is 5.78 Å². The average Bonchev–Trinajstić information content (AvgIpc) is 2.54. The van der Waals surface area contributed by atoms with Gasteiger partial charge in [-0.15, -0.1) is 0 Å². The smallest absolute Gasteiger partial charge is 0.299 e. The number of hydrogen-bond donors (Lipinski definition) is 0. The zero-order valence-electron chi connectivity index (χ0n) is 14.9. The predicted octanol–water partition coefficient (Wildman–Crippen LogP) is 3.84. The molecule has 1 fully saturated rings. The molecule has 0 N–H and O–H groups in total. The van der Waals surface area contributed by atoms with Crippen molar-refractivity contribution >= 4 is 15.6 Å². The average molecular weight is 391 g/mol. The number of alkyl halides is 3. The number of Topliss-reactive ketones (excluding diaryl/α,β-unsaturated/α-hetero) is 1. The zero-order chi connectivity index (χ0) is 19.5. The van der Waals surface area contributed by atoms with Crippen molar-refractivity contribution in [1.82, 2.24) is 4.98 Å². The topological polar surface area (TPSA) is 64.1 Å². The van der Waals surface area contributed by atoms with Crippen LogP contribution in [0.3, 0.4) is 0 Å². The van der Waals surface area contributed by atoms with Gasteiger partial charge < -0.3 is 0 Å². The summed E-state index contributed by atoms with van der Waals surface area (Å²) in [7, 11) is -3.09. The second kappa shape index (κ2) is 8.06. The highest BCUT2D eigenvalue weighted by atomic mass is 32.2. The summed E-state index contributed by atoms with van der Waals surface area (Å²) in [6, 6.07) is 2.17. The van der Waals surface area contributed by atoms with Crippen LogP contribution in [0, 0.1) is 11.8 Å². The first-order valence-corrected chi connectivity index (χ1v) is 10.5. The van der Waals surface area contributed by atoms with E-state index < -0.39 is 26.8 Å². The third-order valence-corrected chi connectivity index (χ3v) is 7.37. The van der Waals surface area contributed by atoms with Crippen LogP contribution < -0.4 is 0 Å². The van der Waals surface area contributed by atoms with Crippen molar-refractivity contribution in [2.75, 3.05) is 5.75 Å². The normalized spacial score (nSPS) is 21.8. The summed E-state index contributed by atoms with van der Waals surface area (Å²) >= 11 is 0. The van der Waals surface area contributed by atoms with Crippen LogP contribution in [0.4, 0.5) is 13.2 Å². The number of rotatable bonds is 6. The Morgan fingerprint density at radius 3 is 2.27 bits per heavy atom. The Bertz CT molecular complexity index is 719. The van der Waals surface area contributed by atoms with Gasteiger partial charge in [-0.1, -0.05) is 0 Å². The maximum Gasteiger partial charge on any atom is 0.417 e. The lowest BCUT2D eigenvalue weighted by atomic mass is 9.80. The molecule has 146 valence electrons. The summed E-state index contributed by atoms with van der Waals surface area (Å²) in [4.78, 5) is 16.1. The van der Waals surface area contributed by atoms with Crippen molar-refractivity contribution in [3.63, 3.8) is 0 Å². The quantitative estimate of drug-likeness (QED) is 0.739. The molecule has 1 heterocycles. The van der Waals surface area contributed by atoms with Gasteiger partial charge in [-0.25, -0.2) is 8.42 Å². The monoisotopic (exact) mass is 391 g/mol. The molecule has 0 amide bonds. The first kappa shape index (κ1) is 20.9. The van der Waals surface area contributed by atoms with Gasteiger partial charge in [0.25, 0.3) is 0 Å². The Hall–Kier alpha value is -1.44. The summed E-state index contributed by atoms with van der Waals surface area (Å²) in [5, 5.41) is -0.396. The van der Waals surface area contributed by atoms with E-state index in [0.717, 1.165) is 12.3 Å². The van der Waals surface area contributed by atoms with Gasteiger partial charge in [-0.05, 0) is 57.6 Å². The molecule has 2 rings (SSSR count). The van der Waals surface area contributed by atoms with Crippen LogP contribution in [0.15, 0.2) is 18.3 Å². The maximum absolute atomic E-state index is 12.5. The maximum atomic E-state index is 12.5. The molecular weight excluding hydrogens is 367 g/mol.